The molecule has 0 aliphatic carbocycles. The lowest BCUT2D eigenvalue weighted by Crippen LogP contribution is -2.11. The molecule has 0 bridgehead atoms. The third-order valence-electron chi connectivity index (χ3n) is 3.39. The number of nitrogens with two attached hydrogens (primary N) is 1. The first kappa shape index (κ1) is 19.3. The number of anilines is 3. The van der Waals surface area contributed by atoms with Gasteiger partial charge in [0, 0.05) is 18.8 Å². The zero-order valence-electron chi connectivity index (χ0n) is 14.2. The highest BCUT2D eigenvalue weighted by molar-refractivity contribution is 5.58. The fourth-order valence-electron chi connectivity index (χ4n) is 2.16. The summed E-state index contributed by atoms with van der Waals surface area (Å²) in [6.45, 7) is 0.692. The standard InChI is InChI=1S/C16H12F5N7/c1-15(17,18)11-7-8(5-6-23-11)24-14-27-12(26-13(22)28-14)9-3-2-4-10(25-9)16(19,20)21/h2-7H,1H3,(H3,22,23,24,26,27,28). The summed E-state index contributed by atoms with van der Waals surface area (Å²) in [5, 5.41) is 2.65. The zero-order valence-corrected chi connectivity index (χ0v) is 14.2. The predicted molar refractivity (Wildman–Crippen MR) is 89.6 cm³/mol. The lowest BCUT2D eigenvalue weighted by Gasteiger charge is -2.12. The van der Waals surface area contributed by atoms with Crippen LogP contribution >= 0.6 is 0 Å². The molecular formula is C16H12F5N7. The van der Waals surface area contributed by atoms with E-state index >= 15 is 0 Å². The molecule has 12 heteroatoms. The molecule has 3 rings (SSSR count). The van der Waals surface area contributed by atoms with Gasteiger partial charge < -0.3 is 11.1 Å². The molecular weight excluding hydrogens is 385 g/mol. The molecule has 0 saturated carbocycles. The Morgan fingerprint density at radius 1 is 0.929 bits per heavy atom. The Morgan fingerprint density at radius 2 is 1.68 bits per heavy atom. The number of alkyl halides is 5. The molecule has 0 saturated heterocycles. The molecule has 0 amide bonds. The molecule has 7 nitrogen and oxygen atoms in total. The molecule has 3 heterocycles. The van der Waals surface area contributed by atoms with Crippen molar-refractivity contribution in [2.24, 2.45) is 0 Å². The van der Waals surface area contributed by atoms with E-state index in [0.29, 0.717) is 6.92 Å². The molecule has 0 spiro atoms. The largest absolute Gasteiger partial charge is 0.433 e. The topological polar surface area (TPSA) is 102 Å². The summed E-state index contributed by atoms with van der Waals surface area (Å²) in [7, 11) is 0. The normalized spacial score (nSPS) is 12.1. The lowest BCUT2D eigenvalue weighted by atomic mass is 10.2. The van der Waals surface area contributed by atoms with E-state index in [1.54, 1.807) is 0 Å². The number of rotatable bonds is 4. The van der Waals surface area contributed by atoms with Crippen molar-refractivity contribution in [3.63, 3.8) is 0 Å². The molecule has 0 atom stereocenters. The smallest absolute Gasteiger partial charge is 0.368 e. The number of nitrogens with one attached hydrogen (secondary N) is 1. The number of halogens is 5. The summed E-state index contributed by atoms with van der Waals surface area (Å²) in [6, 6.07) is 5.70. The summed E-state index contributed by atoms with van der Waals surface area (Å²) < 4.78 is 65.3. The van der Waals surface area contributed by atoms with Crippen molar-refractivity contribution >= 4 is 17.6 Å². The minimum atomic E-state index is -4.64. The molecule has 3 aromatic heterocycles. The minimum absolute atomic E-state index is 0.154. The second-order valence-electron chi connectivity index (χ2n) is 5.69. The van der Waals surface area contributed by atoms with Crippen LogP contribution in [0.3, 0.4) is 0 Å². The van der Waals surface area contributed by atoms with Gasteiger partial charge in [0.05, 0.1) is 0 Å². The molecule has 0 radical (unpaired) electrons. The van der Waals surface area contributed by atoms with Gasteiger partial charge in [-0.3, -0.25) is 4.98 Å². The van der Waals surface area contributed by atoms with Crippen LogP contribution in [0.1, 0.15) is 18.3 Å². The molecule has 0 unspecified atom stereocenters. The Bertz CT molecular complexity index is 1000. The van der Waals surface area contributed by atoms with Crippen molar-refractivity contribution in [1.82, 2.24) is 24.9 Å². The zero-order chi connectivity index (χ0) is 20.5. The number of nitrogen functional groups attached to an aromatic ring is 1. The molecule has 0 aliphatic heterocycles. The van der Waals surface area contributed by atoms with Gasteiger partial charge in [-0.15, -0.1) is 0 Å². The van der Waals surface area contributed by atoms with Crippen molar-refractivity contribution < 1.29 is 22.0 Å². The fraction of sp³-hybridized carbons (Fsp3) is 0.188. The van der Waals surface area contributed by atoms with Gasteiger partial charge in [-0.2, -0.15) is 36.9 Å². The van der Waals surface area contributed by atoms with E-state index in [1.807, 2.05) is 0 Å². The van der Waals surface area contributed by atoms with Gasteiger partial charge in [-0.25, -0.2) is 4.98 Å². The highest BCUT2D eigenvalue weighted by Gasteiger charge is 2.32. The Labute approximate surface area is 154 Å². The molecule has 0 aliphatic rings. The molecule has 0 aromatic carbocycles. The Kier molecular flexibility index (Phi) is 4.79. The van der Waals surface area contributed by atoms with Crippen molar-refractivity contribution in [1.29, 1.82) is 0 Å². The Balaban J connectivity index is 1.95. The van der Waals surface area contributed by atoms with Crippen LogP contribution in [-0.2, 0) is 12.1 Å². The van der Waals surface area contributed by atoms with E-state index in [4.69, 9.17) is 5.73 Å². The van der Waals surface area contributed by atoms with Crippen molar-refractivity contribution in [3.8, 4) is 11.5 Å². The van der Waals surface area contributed by atoms with Gasteiger partial charge in [0.2, 0.25) is 11.9 Å². The van der Waals surface area contributed by atoms with Gasteiger partial charge in [0.1, 0.15) is 17.1 Å². The maximum Gasteiger partial charge on any atom is 0.433 e. The number of nitrogens with zero attached hydrogens (tertiary/aromatic N) is 5. The average Bonchev–Trinajstić information content (AvgIpc) is 2.60. The quantitative estimate of drug-likeness (QED) is 0.646. The first-order valence-electron chi connectivity index (χ1n) is 7.70. The SMILES string of the molecule is CC(F)(F)c1cc(Nc2nc(N)nc(-c3cccc(C(F)(F)F)n3)n2)ccn1. The Hall–Kier alpha value is -3.44. The third kappa shape index (κ3) is 4.45. The summed E-state index contributed by atoms with van der Waals surface area (Å²) in [5.41, 5.74) is 3.98. The van der Waals surface area contributed by atoms with E-state index in [-0.39, 0.29) is 29.1 Å². The van der Waals surface area contributed by atoms with Crippen molar-refractivity contribution in [2.45, 2.75) is 19.0 Å². The summed E-state index contributed by atoms with van der Waals surface area (Å²) >= 11 is 0. The highest BCUT2D eigenvalue weighted by Crippen LogP contribution is 2.30. The van der Waals surface area contributed by atoms with Crippen LogP contribution in [0.2, 0.25) is 0 Å². The van der Waals surface area contributed by atoms with Gasteiger partial charge in [-0.1, -0.05) is 6.07 Å². The van der Waals surface area contributed by atoms with Gasteiger partial charge in [0.15, 0.2) is 5.82 Å². The summed E-state index contributed by atoms with van der Waals surface area (Å²) in [5.74, 6) is -3.82. The second kappa shape index (κ2) is 6.94. The van der Waals surface area contributed by atoms with Crippen molar-refractivity contribution in [2.75, 3.05) is 11.1 Å². The van der Waals surface area contributed by atoms with Crippen LogP contribution < -0.4 is 11.1 Å². The third-order valence-corrected chi connectivity index (χ3v) is 3.39. The van der Waals surface area contributed by atoms with Gasteiger partial charge >= 0.3 is 6.18 Å². The van der Waals surface area contributed by atoms with Crippen LogP contribution in [0.15, 0.2) is 36.5 Å². The van der Waals surface area contributed by atoms with E-state index in [9.17, 15) is 22.0 Å². The van der Waals surface area contributed by atoms with E-state index in [2.05, 4.69) is 30.2 Å². The van der Waals surface area contributed by atoms with Crippen LogP contribution in [0, 0.1) is 0 Å². The van der Waals surface area contributed by atoms with Crippen molar-refractivity contribution in [3.05, 3.63) is 47.9 Å². The number of pyridine rings is 2. The molecule has 28 heavy (non-hydrogen) atoms. The summed E-state index contributed by atoms with van der Waals surface area (Å²) in [4.78, 5) is 18.6. The number of hydrogen-bond acceptors (Lipinski definition) is 7. The maximum absolute atomic E-state index is 13.4. The first-order chi connectivity index (χ1) is 13.0. The van der Waals surface area contributed by atoms with Crippen LogP contribution in [-0.4, -0.2) is 24.9 Å². The average molecular weight is 397 g/mol. The maximum atomic E-state index is 13.4. The van der Waals surface area contributed by atoms with Gasteiger partial charge in [0.25, 0.3) is 5.92 Å². The highest BCUT2D eigenvalue weighted by atomic mass is 19.4. The fourth-order valence-corrected chi connectivity index (χ4v) is 2.16. The lowest BCUT2D eigenvalue weighted by molar-refractivity contribution is -0.141. The van der Waals surface area contributed by atoms with E-state index < -0.39 is 23.5 Å². The summed E-state index contributed by atoms with van der Waals surface area (Å²) in [6.07, 6.45) is -3.48. The van der Waals surface area contributed by atoms with E-state index in [0.717, 1.165) is 24.4 Å². The van der Waals surface area contributed by atoms with Crippen LogP contribution in [0.4, 0.5) is 39.5 Å². The van der Waals surface area contributed by atoms with Crippen LogP contribution in [0.25, 0.3) is 11.5 Å². The van der Waals surface area contributed by atoms with Crippen LogP contribution in [0.5, 0.6) is 0 Å². The van der Waals surface area contributed by atoms with E-state index in [1.165, 1.54) is 12.1 Å². The Morgan fingerprint density at radius 3 is 2.36 bits per heavy atom. The number of aromatic nitrogens is 5. The predicted octanol–water partition coefficient (Wildman–Crippen LogP) is 3.78. The molecule has 0 fully saturated rings. The number of hydrogen-bond donors (Lipinski definition) is 2. The minimum Gasteiger partial charge on any atom is -0.368 e. The molecule has 146 valence electrons. The molecule has 3 aromatic rings. The first-order valence-corrected chi connectivity index (χ1v) is 7.70. The second-order valence-corrected chi connectivity index (χ2v) is 5.69. The molecule has 3 N–H and O–H groups in total. The van der Waals surface area contributed by atoms with Gasteiger partial charge in [-0.05, 0) is 24.3 Å². The monoisotopic (exact) mass is 397 g/mol.